The quantitative estimate of drug-likeness (QED) is 0.343. The third-order valence-corrected chi connectivity index (χ3v) is 5.33. The molecule has 1 heterocycles. The van der Waals surface area contributed by atoms with E-state index < -0.39 is 5.97 Å². The van der Waals surface area contributed by atoms with Crippen LogP contribution in [0.2, 0.25) is 0 Å². The van der Waals surface area contributed by atoms with Gasteiger partial charge in [-0.1, -0.05) is 30.3 Å². The molecule has 4 rings (SSSR count). The Morgan fingerprint density at radius 1 is 1.03 bits per heavy atom. The predicted octanol–water partition coefficient (Wildman–Crippen LogP) is 5.95. The van der Waals surface area contributed by atoms with E-state index in [0.29, 0.717) is 12.1 Å². The average molecular weight is 482 g/mol. The van der Waals surface area contributed by atoms with Gasteiger partial charge in [0.25, 0.3) is 6.47 Å². The second-order valence-corrected chi connectivity index (χ2v) is 7.59. The molecule has 2 N–H and O–H groups in total. The summed E-state index contributed by atoms with van der Waals surface area (Å²) in [5, 5.41) is 17.1. The fraction of sp³-hybridized carbons (Fsp3) is 0.0833. The van der Waals surface area contributed by atoms with Crippen LogP contribution in [0.5, 0.6) is 11.5 Å². The number of carbonyl (C=O) groups is 2. The number of hydrogen-bond acceptors (Lipinski definition) is 3. The van der Waals surface area contributed by atoms with Crippen LogP contribution < -0.4 is 4.74 Å². The molecule has 0 saturated carbocycles. The van der Waals surface area contributed by atoms with Crippen LogP contribution in [0.15, 0.2) is 77.3 Å². The van der Waals surface area contributed by atoms with Crippen LogP contribution in [-0.2, 0) is 11.3 Å². The second kappa shape index (κ2) is 9.95. The van der Waals surface area contributed by atoms with E-state index in [2.05, 4.69) is 33.5 Å². The van der Waals surface area contributed by atoms with Crippen molar-refractivity contribution in [3.8, 4) is 11.5 Å². The molecule has 0 bridgehead atoms. The Balaban J connectivity index is 0.000000858. The number of benzene rings is 3. The number of halogens is 1. The summed E-state index contributed by atoms with van der Waals surface area (Å²) < 4.78 is 9.19. The third-order valence-electron chi connectivity index (χ3n) is 4.67. The standard InChI is InChI=1S/C23H18BrNO3.CH2O2/c1-15-11-20-21(24)12-19(28-18-5-3-2-4-6-18)13-22(20)25(15)14-16-7-9-17(10-8-16)23(26)27;2-1-3/h2-13H,14H2,1H3,(H,26,27);1H,(H,2,3). The molecule has 0 unspecified atom stereocenters. The minimum Gasteiger partial charge on any atom is -0.483 e. The molecule has 0 atom stereocenters. The largest absolute Gasteiger partial charge is 0.483 e. The van der Waals surface area contributed by atoms with E-state index in [4.69, 9.17) is 19.7 Å². The Morgan fingerprint density at radius 3 is 2.29 bits per heavy atom. The minimum absolute atomic E-state index is 0.250. The number of carboxylic acids is 1. The first kappa shape index (κ1) is 22.1. The van der Waals surface area contributed by atoms with Crippen molar-refractivity contribution in [2.75, 3.05) is 0 Å². The number of aromatic carboxylic acids is 1. The number of aryl methyl sites for hydroxylation is 1. The van der Waals surface area contributed by atoms with Gasteiger partial charge in [-0.3, -0.25) is 4.79 Å². The van der Waals surface area contributed by atoms with Crippen LogP contribution in [0.4, 0.5) is 0 Å². The first-order valence-electron chi connectivity index (χ1n) is 9.35. The van der Waals surface area contributed by atoms with Gasteiger partial charge in [0.15, 0.2) is 0 Å². The van der Waals surface area contributed by atoms with Crippen molar-refractivity contribution < 1.29 is 24.5 Å². The lowest BCUT2D eigenvalue weighted by atomic mass is 10.1. The summed E-state index contributed by atoms with van der Waals surface area (Å²) in [4.78, 5) is 19.4. The van der Waals surface area contributed by atoms with E-state index >= 15 is 0 Å². The molecule has 0 fully saturated rings. The molecule has 3 aromatic carbocycles. The second-order valence-electron chi connectivity index (χ2n) is 6.73. The van der Waals surface area contributed by atoms with E-state index in [0.717, 1.165) is 38.1 Å². The smallest absolute Gasteiger partial charge is 0.335 e. The number of para-hydroxylation sites is 1. The first-order valence-corrected chi connectivity index (χ1v) is 10.1. The van der Waals surface area contributed by atoms with Crippen molar-refractivity contribution in [3.05, 3.63) is 94.1 Å². The van der Waals surface area contributed by atoms with Crippen molar-refractivity contribution in [2.45, 2.75) is 13.5 Å². The summed E-state index contributed by atoms with van der Waals surface area (Å²) in [7, 11) is 0. The van der Waals surface area contributed by atoms with E-state index in [1.165, 1.54) is 0 Å². The number of aromatic nitrogens is 1. The maximum absolute atomic E-state index is 11.1. The molecule has 7 heteroatoms. The van der Waals surface area contributed by atoms with Crippen LogP contribution >= 0.6 is 15.9 Å². The number of hydrogen-bond donors (Lipinski definition) is 2. The van der Waals surface area contributed by atoms with Crippen molar-refractivity contribution >= 4 is 39.3 Å². The summed E-state index contributed by atoms with van der Waals surface area (Å²) in [5.41, 5.74) is 3.50. The first-order chi connectivity index (χ1) is 14.9. The van der Waals surface area contributed by atoms with Crippen LogP contribution in [0.25, 0.3) is 10.9 Å². The van der Waals surface area contributed by atoms with Gasteiger partial charge in [0.2, 0.25) is 0 Å². The number of ether oxygens (including phenoxy) is 1. The molecule has 6 nitrogen and oxygen atoms in total. The van der Waals surface area contributed by atoms with Crippen molar-refractivity contribution in [1.29, 1.82) is 0 Å². The highest BCUT2D eigenvalue weighted by molar-refractivity contribution is 9.10. The summed E-state index contributed by atoms with van der Waals surface area (Å²) in [6, 6.07) is 22.8. The van der Waals surface area contributed by atoms with Gasteiger partial charge in [-0.2, -0.15) is 0 Å². The minimum atomic E-state index is -0.916. The van der Waals surface area contributed by atoms with E-state index in [1.54, 1.807) is 12.1 Å². The van der Waals surface area contributed by atoms with Gasteiger partial charge in [-0.05, 0) is 64.8 Å². The van der Waals surface area contributed by atoms with Crippen LogP contribution in [-0.4, -0.2) is 27.2 Å². The zero-order valence-electron chi connectivity index (χ0n) is 16.7. The predicted molar refractivity (Wildman–Crippen MR) is 122 cm³/mol. The average Bonchev–Trinajstić information content (AvgIpc) is 3.06. The molecule has 0 spiro atoms. The molecule has 0 aliphatic heterocycles. The van der Waals surface area contributed by atoms with Crippen LogP contribution in [0, 0.1) is 6.92 Å². The van der Waals surface area contributed by atoms with Crippen molar-refractivity contribution in [2.24, 2.45) is 0 Å². The zero-order chi connectivity index (χ0) is 22.4. The number of carboxylic acid groups (broad SMARTS) is 2. The molecular weight excluding hydrogens is 462 g/mol. The van der Waals surface area contributed by atoms with Gasteiger partial charge >= 0.3 is 5.97 Å². The number of nitrogens with zero attached hydrogens (tertiary/aromatic N) is 1. The Hall–Kier alpha value is -3.58. The molecule has 31 heavy (non-hydrogen) atoms. The fourth-order valence-electron chi connectivity index (χ4n) is 3.25. The highest BCUT2D eigenvalue weighted by atomic mass is 79.9. The van der Waals surface area contributed by atoms with Crippen molar-refractivity contribution in [3.63, 3.8) is 0 Å². The van der Waals surface area contributed by atoms with Gasteiger partial charge in [0.1, 0.15) is 11.5 Å². The fourth-order valence-corrected chi connectivity index (χ4v) is 3.79. The molecule has 0 aliphatic carbocycles. The Morgan fingerprint density at radius 2 is 1.68 bits per heavy atom. The molecule has 0 aliphatic rings. The summed E-state index contributed by atoms with van der Waals surface area (Å²) in [6.45, 7) is 2.46. The molecule has 158 valence electrons. The van der Waals surface area contributed by atoms with E-state index in [-0.39, 0.29) is 6.47 Å². The van der Waals surface area contributed by atoms with Gasteiger partial charge in [0.05, 0.1) is 11.1 Å². The Labute approximate surface area is 187 Å². The lowest BCUT2D eigenvalue weighted by Gasteiger charge is -2.11. The normalized spacial score (nSPS) is 10.3. The highest BCUT2D eigenvalue weighted by Gasteiger charge is 2.12. The van der Waals surface area contributed by atoms with Crippen LogP contribution in [0.1, 0.15) is 21.6 Å². The summed E-state index contributed by atoms with van der Waals surface area (Å²) >= 11 is 3.66. The Bertz CT molecular complexity index is 1200. The van der Waals surface area contributed by atoms with Gasteiger partial charge < -0.3 is 19.5 Å². The third kappa shape index (κ3) is 5.32. The number of rotatable bonds is 5. The molecule has 0 saturated heterocycles. The van der Waals surface area contributed by atoms with Gasteiger partial charge in [0, 0.05) is 28.2 Å². The maximum atomic E-state index is 11.1. The van der Waals surface area contributed by atoms with Crippen molar-refractivity contribution in [1.82, 2.24) is 4.57 Å². The zero-order valence-corrected chi connectivity index (χ0v) is 18.2. The highest BCUT2D eigenvalue weighted by Crippen LogP contribution is 2.34. The lowest BCUT2D eigenvalue weighted by Crippen LogP contribution is -2.03. The summed E-state index contributed by atoms with van der Waals surface area (Å²) in [6.07, 6.45) is 0. The van der Waals surface area contributed by atoms with Gasteiger partial charge in [-0.25, -0.2) is 4.79 Å². The molecule has 0 amide bonds. The Kier molecular flexibility index (Phi) is 7.10. The monoisotopic (exact) mass is 481 g/mol. The molecule has 4 aromatic rings. The maximum Gasteiger partial charge on any atom is 0.335 e. The molecular formula is C24H20BrNO5. The molecule has 0 radical (unpaired) electrons. The SMILES string of the molecule is Cc1cc2c(Br)cc(Oc3ccccc3)cc2n1Cc1ccc(C(=O)O)cc1.O=CO. The van der Waals surface area contributed by atoms with Gasteiger partial charge in [-0.15, -0.1) is 0 Å². The van der Waals surface area contributed by atoms with Crippen LogP contribution in [0.3, 0.4) is 0 Å². The molecule has 1 aromatic heterocycles. The summed E-state index contributed by atoms with van der Waals surface area (Å²) in [5.74, 6) is 0.625. The number of fused-ring (bicyclic) bond motifs is 1. The van der Waals surface area contributed by atoms with E-state index in [1.807, 2.05) is 54.6 Å². The topological polar surface area (TPSA) is 88.8 Å². The van der Waals surface area contributed by atoms with E-state index in [9.17, 15) is 4.79 Å². The lowest BCUT2D eigenvalue weighted by molar-refractivity contribution is -0.122.